The Balaban J connectivity index is 1.25. The van der Waals surface area contributed by atoms with E-state index in [4.69, 9.17) is 16.6 Å². The molecule has 2 aromatic carbocycles. The molecule has 2 amide bonds. The van der Waals surface area contributed by atoms with Crippen LogP contribution in [0, 0.1) is 23.7 Å². The third-order valence-corrected chi connectivity index (χ3v) is 8.84. The molecule has 0 spiro atoms. The van der Waals surface area contributed by atoms with Crippen molar-refractivity contribution in [2.75, 3.05) is 4.90 Å². The minimum Gasteiger partial charge on any atom is -0.274 e. The van der Waals surface area contributed by atoms with Crippen molar-refractivity contribution < 1.29 is 9.59 Å². The van der Waals surface area contributed by atoms with Gasteiger partial charge in [0.05, 0.1) is 27.7 Å². The van der Waals surface area contributed by atoms with Crippen molar-refractivity contribution in [2.24, 2.45) is 23.7 Å². The lowest BCUT2D eigenvalue weighted by atomic mass is 9.85. The van der Waals surface area contributed by atoms with E-state index in [0.29, 0.717) is 5.69 Å². The fourth-order valence-electron chi connectivity index (χ4n) is 4.98. The number of aromatic nitrogens is 1. The number of anilines is 1. The molecule has 30 heavy (non-hydrogen) atoms. The molecule has 1 aromatic heterocycles. The SMILES string of the molecule is O=C1[C@H]2[C@H](C(=O)N1c1ccc3nc(SCc4ccc(Cl)cc4)sc3c1)[C@H]1C=C[C@H]2C1. The molecule has 2 heterocycles. The maximum Gasteiger partial charge on any atom is 0.238 e. The van der Waals surface area contributed by atoms with Crippen LogP contribution in [-0.2, 0) is 15.3 Å². The van der Waals surface area contributed by atoms with Gasteiger partial charge in [-0.1, -0.05) is 47.6 Å². The van der Waals surface area contributed by atoms with Crippen molar-refractivity contribution in [2.45, 2.75) is 16.5 Å². The molecule has 7 heteroatoms. The predicted molar refractivity (Wildman–Crippen MR) is 121 cm³/mol. The first-order valence-corrected chi connectivity index (χ1v) is 12.1. The summed E-state index contributed by atoms with van der Waals surface area (Å²) in [7, 11) is 0. The maximum absolute atomic E-state index is 13.1. The van der Waals surface area contributed by atoms with Crippen molar-refractivity contribution in [1.82, 2.24) is 4.98 Å². The summed E-state index contributed by atoms with van der Waals surface area (Å²) in [5, 5.41) is 0.732. The van der Waals surface area contributed by atoms with Crippen LogP contribution in [0.4, 0.5) is 5.69 Å². The summed E-state index contributed by atoms with van der Waals surface area (Å²) in [6, 6.07) is 13.5. The summed E-state index contributed by atoms with van der Waals surface area (Å²) < 4.78 is 1.96. The first kappa shape index (κ1) is 18.6. The number of hydrogen-bond acceptors (Lipinski definition) is 5. The van der Waals surface area contributed by atoms with Crippen LogP contribution < -0.4 is 4.90 Å². The van der Waals surface area contributed by atoms with E-state index in [1.165, 1.54) is 10.5 Å². The molecule has 1 saturated heterocycles. The van der Waals surface area contributed by atoms with E-state index in [9.17, 15) is 9.59 Å². The first-order valence-electron chi connectivity index (χ1n) is 9.92. The van der Waals surface area contributed by atoms with E-state index >= 15 is 0 Å². The number of allylic oxidation sites excluding steroid dienone is 2. The summed E-state index contributed by atoms with van der Waals surface area (Å²) in [6.07, 6.45) is 5.19. The van der Waals surface area contributed by atoms with Gasteiger partial charge in [-0.25, -0.2) is 9.88 Å². The smallest absolute Gasteiger partial charge is 0.238 e. The number of nitrogens with zero attached hydrogens (tertiary/aromatic N) is 2. The summed E-state index contributed by atoms with van der Waals surface area (Å²) in [6.45, 7) is 0. The molecule has 2 aliphatic carbocycles. The predicted octanol–water partition coefficient (Wildman–Crippen LogP) is 5.55. The zero-order chi connectivity index (χ0) is 20.4. The fraction of sp³-hybridized carbons (Fsp3) is 0.261. The Bertz CT molecular complexity index is 1190. The zero-order valence-electron chi connectivity index (χ0n) is 15.8. The highest BCUT2D eigenvalue weighted by atomic mass is 35.5. The highest BCUT2D eigenvalue weighted by Gasteiger charge is 2.59. The summed E-state index contributed by atoms with van der Waals surface area (Å²) in [5.41, 5.74) is 2.75. The van der Waals surface area contributed by atoms with Crippen molar-refractivity contribution >= 4 is 62.4 Å². The summed E-state index contributed by atoms with van der Waals surface area (Å²) in [5.74, 6) is 0.844. The maximum atomic E-state index is 13.1. The molecule has 3 aromatic rings. The van der Waals surface area contributed by atoms with Gasteiger partial charge in [0.15, 0.2) is 4.34 Å². The molecule has 0 radical (unpaired) electrons. The Morgan fingerprint density at radius 2 is 1.73 bits per heavy atom. The third kappa shape index (κ3) is 2.85. The minimum atomic E-state index is -0.171. The van der Waals surface area contributed by atoms with Gasteiger partial charge in [-0.2, -0.15) is 0 Å². The Morgan fingerprint density at radius 1 is 1.03 bits per heavy atom. The van der Waals surface area contributed by atoms with Crippen LogP contribution in [0.2, 0.25) is 5.02 Å². The fourth-order valence-corrected chi connectivity index (χ4v) is 7.16. The number of thioether (sulfide) groups is 1. The normalized spacial score (nSPS) is 26.9. The van der Waals surface area contributed by atoms with Gasteiger partial charge in [-0.15, -0.1) is 11.3 Å². The average Bonchev–Trinajstić information content (AvgIpc) is 3.50. The lowest BCUT2D eigenvalue weighted by Gasteiger charge is -2.17. The van der Waals surface area contributed by atoms with Crippen molar-refractivity contribution in [3.05, 3.63) is 65.2 Å². The number of amides is 2. The molecule has 0 unspecified atom stereocenters. The first-order chi connectivity index (χ1) is 14.6. The van der Waals surface area contributed by atoms with Gasteiger partial charge >= 0.3 is 0 Å². The van der Waals surface area contributed by atoms with Crippen LogP contribution in [0.5, 0.6) is 0 Å². The van der Waals surface area contributed by atoms with Crippen LogP contribution in [0.1, 0.15) is 12.0 Å². The van der Waals surface area contributed by atoms with Crippen LogP contribution >= 0.6 is 34.7 Å². The van der Waals surface area contributed by atoms with E-state index in [0.717, 1.165) is 31.8 Å². The minimum absolute atomic E-state index is 0.0388. The van der Waals surface area contributed by atoms with Gasteiger partial charge in [0, 0.05) is 10.8 Å². The number of benzene rings is 2. The lowest BCUT2D eigenvalue weighted by Crippen LogP contribution is -2.32. The number of fused-ring (bicyclic) bond motifs is 6. The van der Waals surface area contributed by atoms with Gasteiger partial charge in [0.2, 0.25) is 11.8 Å². The molecule has 4 atom stereocenters. The van der Waals surface area contributed by atoms with Crippen LogP contribution in [0.3, 0.4) is 0 Å². The lowest BCUT2D eigenvalue weighted by molar-refractivity contribution is -0.123. The van der Waals surface area contributed by atoms with E-state index in [-0.39, 0.29) is 35.5 Å². The van der Waals surface area contributed by atoms with E-state index in [1.807, 2.05) is 42.5 Å². The topological polar surface area (TPSA) is 50.3 Å². The molecule has 3 aliphatic rings. The molecular weight excluding hydrogens is 436 g/mol. The van der Waals surface area contributed by atoms with E-state index < -0.39 is 0 Å². The highest BCUT2D eigenvalue weighted by Crippen LogP contribution is 2.53. The molecule has 1 saturated carbocycles. The number of rotatable bonds is 4. The van der Waals surface area contributed by atoms with Crippen molar-refractivity contribution in [3.8, 4) is 0 Å². The van der Waals surface area contributed by atoms with E-state index in [1.54, 1.807) is 23.1 Å². The third-order valence-electron chi connectivity index (χ3n) is 6.36. The van der Waals surface area contributed by atoms with E-state index in [2.05, 4.69) is 12.2 Å². The number of carbonyl (C=O) groups is 2. The average molecular weight is 453 g/mol. The Kier molecular flexibility index (Phi) is 4.30. The number of imide groups is 1. The number of halogens is 1. The van der Waals surface area contributed by atoms with Gasteiger partial charge in [-0.3, -0.25) is 9.59 Å². The van der Waals surface area contributed by atoms with Gasteiger partial charge in [-0.05, 0) is 54.2 Å². The van der Waals surface area contributed by atoms with Crippen molar-refractivity contribution in [1.29, 1.82) is 0 Å². The highest BCUT2D eigenvalue weighted by molar-refractivity contribution is 8.00. The Labute approximate surface area is 186 Å². The van der Waals surface area contributed by atoms with Crippen molar-refractivity contribution in [3.63, 3.8) is 0 Å². The molecule has 6 rings (SSSR count). The Morgan fingerprint density at radius 3 is 2.43 bits per heavy atom. The second-order valence-electron chi connectivity index (χ2n) is 8.06. The molecule has 2 fully saturated rings. The van der Waals surface area contributed by atoms with Crippen LogP contribution in [-0.4, -0.2) is 16.8 Å². The largest absolute Gasteiger partial charge is 0.274 e. The quantitative estimate of drug-likeness (QED) is 0.295. The zero-order valence-corrected chi connectivity index (χ0v) is 18.2. The number of thiazole rings is 1. The second kappa shape index (κ2) is 6.94. The van der Waals surface area contributed by atoms with Gasteiger partial charge < -0.3 is 0 Å². The standard InChI is InChI=1S/C23H17ClN2O2S2/c24-15-5-1-12(2-6-15)11-29-23-25-17-8-7-16(10-18(17)30-23)26-21(27)19-13-3-4-14(9-13)20(19)22(26)28/h1-8,10,13-14,19-20H,9,11H2/t13-,14-,19+,20+/m0/s1. The van der Waals surface area contributed by atoms with Crippen LogP contribution in [0.25, 0.3) is 10.2 Å². The second-order valence-corrected chi connectivity index (χ2v) is 10.7. The molecule has 0 N–H and O–H groups in total. The molecular formula is C23H17ClN2O2S2. The summed E-state index contributed by atoms with van der Waals surface area (Å²) in [4.78, 5) is 32.2. The van der Waals surface area contributed by atoms with Gasteiger partial charge in [0.1, 0.15) is 0 Å². The van der Waals surface area contributed by atoms with Gasteiger partial charge in [0.25, 0.3) is 0 Å². The summed E-state index contributed by atoms with van der Waals surface area (Å²) >= 11 is 9.22. The molecule has 2 bridgehead atoms. The molecule has 1 aliphatic heterocycles. The molecule has 4 nitrogen and oxygen atoms in total. The monoisotopic (exact) mass is 452 g/mol. The number of carbonyl (C=O) groups excluding carboxylic acids is 2. The molecule has 150 valence electrons. The Hall–Kier alpha value is -2.15. The number of hydrogen-bond donors (Lipinski definition) is 0. The van der Waals surface area contributed by atoms with Crippen LogP contribution in [0.15, 0.2) is 59.0 Å².